The van der Waals surface area contributed by atoms with Gasteiger partial charge in [0.2, 0.25) is 5.88 Å². The molecule has 1 saturated heterocycles. The molecule has 0 bridgehead atoms. The molecule has 0 radical (unpaired) electrons. The molecule has 0 N–H and O–H groups in total. The van der Waals surface area contributed by atoms with Crippen LogP contribution in [0.2, 0.25) is 0 Å². The van der Waals surface area contributed by atoms with Crippen LogP contribution in [-0.4, -0.2) is 53.7 Å². The number of anilines is 1. The van der Waals surface area contributed by atoms with E-state index >= 15 is 0 Å². The molecule has 1 fully saturated rings. The first kappa shape index (κ1) is 18.9. The van der Waals surface area contributed by atoms with Crippen LogP contribution in [0.5, 0.6) is 5.88 Å². The Labute approximate surface area is 159 Å². The topological polar surface area (TPSA) is 67.8 Å². The largest absolute Gasteiger partial charge is 0.477 e. The van der Waals surface area contributed by atoms with Gasteiger partial charge in [-0.3, -0.25) is 0 Å². The third-order valence-corrected chi connectivity index (χ3v) is 4.26. The second-order valence-corrected chi connectivity index (χ2v) is 6.93. The minimum Gasteiger partial charge on any atom is -0.477 e. The van der Waals surface area contributed by atoms with Crippen LogP contribution in [0, 0.1) is 5.92 Å². The lowest BCUT2D eigenvalue weighted by molar-refractivity contribution is 0.0941. The molecule has 144 valence electrons. The zero-order valence-electron chi connectivity index (χ0n) is 15.9. The summed E-state index contributed by atoms with van der Waals surface area (Å²) in [6, 6.07) is 11.5. The van der Waals surface area contributed by atoms with Crippen molar-refractivity contribution in [3.8, 4) is 5.88 Å². The number of amides is 1. The average Bonchev–Trinajstić information content (AvgIpc) is 2.71. The summed E-state index contributed by atoms with van der Waals surface area (Å²) >= 11 is 0. The normalized spacial score (nSPS) is 14.3. The van der Waals surface area contributed by atoms with Gasteiger partial charge in [-0.1, -0.05) is 44.2 Å². The van der Waals surface area contributed by atoms with E-state index in [4.69, 9.17) is 9.47 Å². The molecule has 0 saturated carbocycles. The molecule has 1 aliphatic rings. The van der Waals surface area contributed by atoms with E-state index in [1.807, 2.05) is 36.4 Å². The number of carbonyl (C=O) groups excluding carboxylic acids is 1. The zero-order valence-corrected chi connectivity index (χ0v) is 15.9. The number of nitrogens with zero attached hydrogens (tertiary/aromatic N) is 4. The van der Waals surface area contributed by atoms with Crippen molar-refractivity contribution in [2.75, 3.05) is 37.7 Å². The van der Waals surface area contributed by atoms with Crippen LogP contribution in [-0.2, 0) is 11.3 Å². The second-order valence-electron chi connectivity index (χ2n) is 6.93. The molecule has 2 heterocycles. The van der Waals surface area contributed by atoms with Gasteiger partial charge in [0.25, 0.3) is 0 Å². The van der Waals surface area contributed by atoms with E-state index in [0.29, 0.717) is 51.2 Å². The van der Waals surface area contributed by atoms with Crippen LogP contribution < -0.4 is 9.64 Å². The summed E-state index contributed by atoms with van der Waals surface area (Å²) < 4.78 is 11.1. The Kier molecular flexibility index (Phi) is 6.46. The van der Waals surface area contributed by atoms with E-state index in [9.17, 15) is 4.79 Å². The van der Waals surface area contributed by atoms with Crippen molar-refractivity contribution in [1.82, 2.24) is 14.9 Å². The van der Waals surface area contributed by atoms with Crippen molar-refractivity contribution in [3.63, 3.8) is 0 Å². The molecule has 7 heteroatoms. The smallest absolute Gasteiger partial charge is 0.410 e. The monoisotopic (exact) mass is 370 g/mol. The first-order chi connectivity index (χ1) is 13.1. The Balaban J connectivity index is 1.48. The maximum Gasteiger partial charge on any atom is 0.410 e. The van der Waals surface area contributed by atoms with E-state index in [-0.39, 0.29) is 6.09 Å². The number of hydrogen-bond acceptors (Lipinski definition) is 6. The van der Waals surface area contributed by atoms with E-state index < -0.39 is 0 Å². The Hall–Kier alpha value is -2.83. The highest BCUT2D eigenvalue weighted by molar-refractivity contribution is 5.68. The molecule has 3 rings (SSSR count). The quantitative estimate of drug-likeness (QED) is 0.779. The van der Waals surface area contributed by atoms with Crippen LogP contribution in [0.25, 0.3) is 0 Å². The third kappa shape index (κ3) is 5.57. The van der Waals surface area contributed by atoms with Crippen LogP contribution in [0.15, 0.2) is 42.7 Å². The molecule has 0 unspecified atom stereocenters. The van der Waals surface area contributed by atoms with Gasteiger partial charge in [-0.25, -0.2) is 14.8 Å². The van der Waals surface area contributed by atoms with Gasteiger partial charge in [-0.05, 0) is 11.5 Å². The SMILES string of the molecule is CC(C)COc1cc(N2CCN(C(=O)OCc3ccccc3)CC2)ncn1. The summed E-state index contributed by atoms with van der Waals surface area (Å²) in [4.78, 5) is 24.6. The Morgan fingerprint density at radius 3 is 2.56 bits per heavy atom. The highest BCUT2D eigenvalue weighted by Crippen LogP contribution is 2.18. The average molecular weight is 370 g/mol. The van der Waals surface area contributed by atoms with Gasteiger partial charge >= 0.3 is 6.09 Å². The maximum absolute atomic E-state index is 12.3. The van der Waals surface area contributed by atoms with Gasteiger partial charge in [0.05, 0.1) is 6.61 Å². The first-order valence-electron chi connectivity index (χ1n) is 9.27. The van der Waals surface area contributed by atoms with Crippen molar-refractivity contribution in [3.05, 3.63) is 48.3 Å². The summed E-state index contributed by atoms with van der Waals surface area (Å²) in [5, 5.41) is 0. The Morgan fingerprint density at radius 1 is 1.11 bits per heavy atom. The van der Waals surface area contributed by atoms with Gasteiger partial charge in [0.15, 0.2) is 0 Å². The lowest BCUT2D eigenvalue weighted by atomic mass is 10.2. The molecule has 0 atom stereocenters. The fourth-order valence-corrected chi connectivity index (χ4v) is 2.76. The molecule has 7 nitrogen and oxygen atoms in total. The fourth-order valence-electron chi connectivity index (χ4n) is 2.76. The van der Waals surface area contributed by atoms with Crippen molar-refractivity contribution < 1.29 is 14.3 Å². The predicted octanol–water partition coefficient (Wildman–Crippen LogP) is 2.97. The van der Waals surface area contributed by atoms with Gasteiger partial charge in [-0.15, -0.1) is 0 Å². The highest BCUT2D eigenvalue weighted by atomic mass is 16.6. The predicted molar refractivity (Wildman–Crippen MR) is 103 cm³/mol. The van der Waals surface area contributed by atoms with Crippen molar-refractivity contribution in [1.29, 1.82) is 0 Å². The number of rotatable bonds is 6. The summed E-state index contributed by atoms with van der Waals surface area (Å²) in [5.41, 5.74) is 0.986. The van der Waals surface area contributed by atoms with Crippen LogP contribution in [0.4, 0.5) is 10.6 Å². The Bertz CT molecular complexity index is 731. The van der Waals surface area contributed by atoms with Crippen LogP contribution in [0.1, 0.15) is 19.4 Å². The molecule has 0 spiro atoms. The minimum atomic E-state index is -0.276. The molecule has 1 aliphatic heterocycles. The van der Waals surface area contributed by atoms with E-state index in [2.05, 4.69) is 28.7 Å². The third-order valence-electron chi connectivity index (χ3n) is 4.26. The molecule has 2 aromatic rings. The molecule has 1 aromatic heterocycles. The van der Waals surface area contributed by atoms with Gasteiger partial charge in [0, 0.05) is 32.2 Å². The molecule has 1 amide bonds. The van der Waals surface area contributed by atoms with E-state index in [1.165, 1.54) is 6.33 Å². The van der Waals surface area contributed by atoms with Crippen molar-refractivity contribution in [2.24, 2.45) is 5.92 Å². The standard InChI is InChI=1S/C20H26N4O3/c1-16(2)13-26-19-12-18(21-15-22-19)23-8-10-24(11-9-23)20(25)27-14-17-6-4-3-5-7-17/h3-7,12,15-16H,8-11,13-14H2,1-2H3. The molecule has 1 aromatic carbocycles. The van der Waals surface area contributed by atoms with Crippen molar-refractivity contribution in [2.45, 2.75) is 20.5 Å². The highest BCUT2D eigenvalue weighted by Gasteiger charge is 2.23. The molecule has 0 aliphatic carbocycles. The Morgan fingerprint density at radius 2 is 1.85 bits per heavy atom. The summed E-state index contributed by atoms with van der Waals surface area (Å²) in [6.07, 6.45) is 1.24. The summed E-state index contributed by atoms with van der Waals surface area (Å²) in [5.74, 6) is 1.84. The first-order valence-corrected chi connectivity index (χ1v) is 9.27. The van der Waals surface area contributed by atoms with Crippen LogP contribution >= 0.6 is 0 Å². The molecular formula is C20H26N4O3. The van der Waals surface area contributed by atoms with Gasteiger partial charge in [-0.2, -0.15) is 0 Å². The zero-order chi connectivity index (χ0) is 19.1. The molecule has 27 heavy (non-hydrogen) atoms. The minimum absolute atomic E-state index is 0.276. The summed E-state index contributed by atoms with van der Waals surface area (Å²) in [6.45, 7) is 7.69. The lowest BCUT2D eigenvalue weighted by Crippen LogP contribution is -2.49. The van der Waals surface area contributed by atoms with Gasteiger partial charge in [0.1, 0.15) is 18.8 Å². The molecular weight excluding hydrogens is 344 g/mol. The number of hydrogen-bond donors (Lipinski definition) is 0. The number of piperazine rings is 1. The summed E-state index contributed by atoms with van der Waals surface area (Å²) in [7, 11) is 0. The van der Waals surface area contributed by atoms with E-state index in [1.54, 1.807) is 4.90 Å². The fraction of sp³-hybridized carbons (Fsp3) is 0.450. The second kappa shape index (κ2) is 9.21. The van der Waals surface area contributed by atoms with E-state index in [0.717, 1.165) is 11.4 Å². The number of ether oxygens (including phenoxy) is 2. The maximum atomic E-state index is 12.3. The number of aromatic nitrogens is 2. The van der Waals surface area contributed by atoms with Crippen LogP contribution in [0.3, 0.4) is 0 Å². The lowest BCUT2D eigenvalue weighted by Gasteiger charge is -2.34. The number of carbonyl (C=O) groups is 1. The number of benzene rings is 1. The van der Waals surface area contributed by atoms with Crippen molar-refractivity contribution >= 4 is 11.9 Å². The van der Waals surface area contributed by atoms with Gasteiger partial charge < -0.3 is 19.3 Å².